The van der Waals surface area contributed by atoms with E-state index in [9.17, 15) is 0 Å². The van der Waals surface area contributed by atoms with Crippen molar-refractivity contribution in [2.75, 3.05) is 0 Å². The van der Waals surface area contributed by atoms with Gasteiger partial charge in [0.05, 0.1) is 4.32 Å². The van der Waals surface area contributed by atoms with E-state index in [4.69, 9.17) is 0 Å². The number of rotatable bonds is 0. The van der Waals surface area contributed by atoms with Gasteiger partial charge < -0.3 is 0 Å². The highest BCUT2D eigenvalue weighted by Gasteiger charge is 2.48. The Bertz CT molecular complexity index is 391. The Morgan fingerprint density at radius 2 is 1.28 bits per heavy atom. The highest BCUT2D eigenvalue weighted by molar-refractivity contribution is 9.10. The lowest BCUT2D eigenvalue weighted by Crippen LogP contribution is -2.39. The summed E-state index contributed by atoms with van der Waals surface area (Å²) >= 11 is 4.06. The van der Waals surface area contributed by atoms with Crippen LogP contribution in [0.5, 0.6) is 0 Å². The van der Waals surface area contributed by atoms with Gasteiger partial charge in [0.2, 0.25) is 0 Å². The standard InChI is InChI=1S/C17H29Br/c1-14(2,3)12-10-13(15(4,5)6)17(18,11-12)16(7,8)9/h10-11H,1-9H3. The van der Waals surface area contributed by atoms with Gasteiger partial charge in [-0.3, -0.25) is 0 Å². The molecule has 0 aromatic heterocycles. The fraction of sp³-hybridized carbons (Fsp3) is 0.765. The molecule has 0 N–H and O–H groups in total. The molecule has 1 atom stereocenters. The largest absolute Gasteiger partial charge is 0.0753 e. The van der Waals surface area contributed by atoms with E-state index < -0.39 is 0 Å². The van der Waals surface area contributed by atoms with Crippen LogP contribution in [0.25, 0.3) is 0 Å². The maximum Gasteiger partial charge on any atom is 0.0708 e. The van der Waals surface area contributed by atoms with Gasteiger partial charge in [-0.05, 0) is 27.4 Å². The second-order valence-electron chi connectivity index (χ2n) is 8.62. The van der Waals surface area contributed by atoms with Crippen LogP contribution in [0.3, 0.4) is 0 Å². The Morgan fingerprint density at radius 1 is 0.833 bits per heavy atom. The quantitative estimate of drug-likeness (QED) is 0.472. The zero-order chi connectivity index (χ0) is 14.6. The Morgan fingerprint density at radius 3 is 1.50 bits per heavy atom. The molecule has 1 aliphatic rings. The predicted octanol–water partition coefficient (Wildman–Crippen LogP) is 6.12. The van der Waals surface area contributed by atoms with Gasteiger partial charge in [0.25, 0.3) is 0 Å². The molecule has 18 heavy (non-hydrogen) atoms. The van der Waals surface area contributed by atoms with Crippen molar-refractivity contribution in [3.63, 3.8) is 0 Å². The van der Waals surface area contributed by atoms with E-state index in [-0.39, 0.29) is 20.6 Å². The van der Waals surface area contributed by atoms with Crippen molar-refractivity contribution in [1.82, 2.24) is 0 Å². The fourth-order valence-corrected chi connectivity index (χ4v) is 3.37. The first-order valence-electron chi connectivity index (χ1n) is 6.84. The summed E-state index contributed by atoms with van der Waals surface area (Å²) in [5.74, 6) is 0. The van der Waals surface area contributed by atoms with Gasteiger partial charge in [0.1, 0.15) is 0 Å². The van der Waals surface area contributed by atoms with Crippen molar-refractivity contribution < 1.29 is 0 Å². The molecule has 0 saturated heterocycles. The third-order valence-corrected chi connectivity index (χ3v) is 5.66. The van der Waals surface area contributed by atoms with Crippen molar-refractivity contribution in [2.45, 2.75) is 66.6 Å². The zero-order valence-electron chi connectivity index (χ0n) is 13.5. The summed E-state index contributed by atoms with van der Waals surface area (Å²) in [6, 6.07) is 0. The molecule has 104 valence electrons. The molecule has 0 spiro atoms. The number of alkyl halides is 1. The van der Waals surface area contributed by atoms with Gasteiger partial charge in [-0.25, -0.2) is 0 Å². The molecule has 1 rings (SSSR count). The molecule has 0 nitrogen and oxygen atoms in total. The summed E-state index contributed by atoms with van der Waals surface area (Å²) in [4.78, 5) is 0. The maximum absolute atomic E-state index is 4.06. The summed E-state index contributed by atoms with van der Waals surface area (Å²) in [5.41, 5.74) is 3.49. The van der Waals surface area contributed by atoms with Crippen LogP contribution < -0.4 is 0 Å². The minimum Gasteiger partial charge on any atom is -0.0753 e. The third-order valence-electron chi connectivity index (χ3n) is 3.81. The summed E-state index contributed by atoms with van der Waals surface area (Å²) in [6.07, 6.45) is 4.85. The lowest BCUT2D eigenvalue weighted by Gasteiger charge is -2.43. The van der Waals surface area contributed by atoms with Gasteiger partial charge in [-0.2, -0.15) is 0 Å². The Kier molecular flexibility index (Phi) is 3.76. The molecule has 0 saturated carbocycles. The van der Waals surface area contributed by atoms with E-state index in [2.05, 4.69) is 90.4 Å². The van der Waals surface area contributed by atoms with Crippen LogP contribution in [0, 0.1) is 16.2 Å². The first-order chi connectivity index (χ1) is 7.69. The first kappa shape index (κ1) is 16.0. The van der Waals surface area contributed by atoms with Crippen LogP contribution in [-0.4, -0.2) is 4.32 Å². The molecule has 1 unspecified atom stereocenters. The summed E-state index contributed by atoms with van der Waals surface area (Å²) in [6.45, 7) is 20.7. The van der Waals surface area contributed by atoms with Gasteiger partial charge in [0, 0.05) is 0 Å². The summed E-state index contributed by atoms with van der Waals surface area (Å²) < 4.78 is -0.0269. The molecule has 0 radical (unpaired) electrons. The lowest BCUT2D eigenvalue weighted by atomic mass is 9.70. The van der Waals surface area contributed by atoms with Crippen LogP contribution in [0.4, 0.5) is 0 Å². The second-order valence-corrected chi connectivity index (χ2v) is 9.87. The lowest BCUT2D eigenvalue weighted by molar-refractivity contribution is 0.326. The summed E-state index contributed by atoms with van der Waals surface area (Å²) in [5, 5.41) is 0. The number of allylic oxidation sites excluding steroid dienone is 4. The van der Waals surface area contributed by atoms with Crippen LogP contribution >= 0.6 is 15.9 Å². The molecule has 0 heterocycles. The van der Waals surface area contributed by atoms with Crippen molar-refractivity contribution in [3.8, 4) is 0 Å². The molecular weight excluding hydrogens is 284 g/mol. The first-order valence-corrected chi connectivity index (χ1v) is 7.64. The van der Waals surface area contributed by atoms with Crippen molar-refractivity contribution in [1.29, 1.82) is 0 Å². The normalized spacial score (nSPS) is 26.1. The number of hydrogen-bond donors (Lipinski definition) is 0. The van der Waals surface area contributed by atoms with Gasteiger partial charge in [0.15, 0.2) is 0 Å². The SMILES string of the molecule is CC(C)(C)C1=CC(Br)(C(C)(C)C)C(C(C)(C)C)=C1. The second kappa shape index (κ2) is 4.23. The molecule has 0 amide bonds. The predicted molar refractivity (Wildman–Crippen MR) is 86.2 cm³/mol. The minimum absolute atomic E-state index is 0.0269. The van der Waals surface area contributed by atoms with Crippen LogP contribution in [0.1, 0.15) is 62.3 Å². The molecule has 0 bridgehead atoms. The van der Waals surface area contributed by atoms with Gasteiger partial charge in [-0.15, -0.1) is 0 Å². The van der Waals surface area contributed by atoms with Gasteiger partial charge >= 0.3 is 0 Å². The fourth-order valence-electron chi connectivity index (χ4n) is 2.41. The van der Waals surface area contributed by atoms with E-state index in [0.29, 0.717) is 0 Å². The average Bonchev–Trinajstić information content (AvgIpc) is 2.41. The Labute approximate surface area is 122 Å². The number of halogens is 1. The van der Waals surface area contributed by atoms with Crippen molar-refractivity contribution >= 4 is 15.9 Å². The monoisotopic (exact) mass is 312 g/mol. The zero-order valence-corrected chi connectivity index (χ0v) is 15.1. The molecule has 0 aliphatic heterocycles. The third kappa shape index (κ3) is 2.76. The Balaban J connectivity index is 3.43. The van der Waals surface area contributed by atoms with E-state index >= 15 is 0 Å². The highest BCUT2D eigenvalue weighted by atomic mass is 79.9. The molecular formula is C17H29Br. The van der Waals surface area contributed by atoms with E-state index in [1.54, 1.807) is 0 Å². The molecule has 1 heteroatoms. The van der Waals surface area contributed by atoms with Crippen LogP contribution in [0.2, 0.25) is 0 Å². The van der Waals surface area contributed by atoms with Crippen LogP contribution in [0.15, 0.2) is 23.3 Å². The average molecular weight is 313 g/mol. The van der Waals surface area contributed by atoms with Crippen LogP contribution in [-0.2, 0) is 0 Å². The van der Waals surface area contributed by atoms with E-state index in [1.807, 2.05) is 0 Å². The summed E-state index contributed by atoms with van der Waals surface area (Å²) in [7, 11) is 0. The molecule has 0 fully saturated rings. The highest BCUT2D eigenvalue weighted by Crippen LogP contribution is 2.56. The molecule has 0 aromatic carbocycles. The molecule has 0 aromatic rings. The number of hydrogen-bond acceptors (Lipinski definition) is 0. The van der Waals surface area contributed by atoms with Crippen molar-refractivity contribution in [2.24, 2.45) is 16.2 Å². The molecule has 1 aliphatic carbocycles. The Hall–Kier alpha value is -0.0400. The topological polar surface area (TPSA) is 0 Å². The van der Waals surface area contributed by atoms with E-state index in [0.717, 1.165) is 0 Å². The smallest absolute Gasteiger partial charge is 0.0708 e. The van der Waals surface area contributed by atoms with E-state index in [1.165, 1.54) is 11.1 Å². The maximum atomic E-state index is 4.06. The minimum atomic E-state index is -0.0269. The van der Waals surface area contributed by atoms with Crippen molar-refractivity contribution in [3.05, 3.63) is 23.3 Å². The van der Waals surface area contributed by atoms with Gasteiger partial charge in [-0.1, -0.05) is 90.4 Å².